The van der Waals surface area contributed by atoms with Crippen molar-refractivity contribution >= 4 is 21.6 Å². The van der Waals surface area contributed by atoms with Gasteiger partial charge in [-0.3, -0.25) is 0 Å². The van der Waals surface area contributed by atoms with Crippen molar-refractivity contribution in [3.05, 3.63) is 101 Å². The van der Waals surface area contributed by atoms with Gasteiger partial charge in [0, 0.05) is 15.7 Å². The molecule has 0 bridgehead atoms. The first kappa shape index (κ1) is 15.4. The molecule has 3 rings (SSSR count). The first-order valence-electron chi connectivity index (χ1n) is 7.45. The van der Waals surface area contributed by atoms with Crippen LogP contribution in [-0.4, -0.2) is 0 Å². The van der Waals surface area contributed by atoms with Gasteiger partial charge in [-0.25, -0.2) is 0 Å². The summed E-state index contributed by atoms with van der Waals surface area (Å²) in [4.78, 5) is 0. The summed E-state index contributed by atoms with van der Waals surface area (Å²) in [5.41, 5.74) is 3.20. The summed E-state index contributed by atoms with van der Waals surface area (Å²) in [6, 6.07) is 28.4. The van der Waals surface area contributed by atoms with E-state index in [0.717, 1.165) is 21.3 Å². The fraction of sp³-hybridized carbons (Fsp3) is 0.0476. The molecule has 1 unspecified atom stereocenters. The van der Waals surface area contributed by atoms with Gasteiger partial charge >= 0.3 is 0 Å². The van der Waals surface area contributed by atoms with E-state index in [1.807, 2.05) is 60.7 Å². The highest BCUT2D eigenvalue weighted by atomic mass is 79.9. The fourth-order valence-electron chi connectivity index (χ4n) is 2.27. The molecule has 0 heterocycles. The van der Waals surface area contributed by atoms with Gasteiger partial charge in [0.25, 0.3) is 0 Å². The number of rotatable bonds is 3. The van der Waals surface area contributed by atoms with Crippen molar-refractivity contribution in [2.75, 3.05) is 5.32 Å². The topological polar surface area (TPSA) is 12.0 Å². The Bertz CT molecular complexity index is 816. The van der Waals surface area contributed by atoms with Crippen LogP contribution in [0.25, 0.3) is 0 Å². The highest BCUT2D eigenvalue weighted by Gasteiger charge is 2.08. The van der Waals surface area contributed by atoms with E-state index in [2.05, 4.69) is 57.4 Å². The minimum atomic E-state index is -0.0740. The zero-order valence-corrected chi connectivity index (χ0v) is 14.1. The number of anilines is 1. The molecule has 0 fully saturated rings. The molecule has 1 atom stereocenters. The van der Waals surface area contributed by atoms with Crippen LogP contribution in [0, 0.1) is 11.8 Å². The molecule has 2 heteroatoms. The lowest BCUT2D eigenvalue weighted by molar-refractivity contribution is 1.02. The number of nitrogens with one attached hydrogen (secondary N) is 1. The second kappa shape index (κ2) is 7.67. The summed E-state index contributed by atoms with van der Waals surface area (Å²) in [6.07, 6.45) is 0. The van der Waals surface area contributed by atoms with Crippen molar-refractivity contribution in [3.63, 3.8) is 0 Å². The predicted molar refractivity (Wildman–Crippen MR) is 100 cm³/mol. The van der Waals surface area contributed by atoms with Crippen LogP contribution in [0.5, 0.6) is 0 Å². The van der Waals surface area contributed by atoms with Crippen molar-refractivity contribution < 1.29 is 0 Å². The van der Waals surface area contributed by atoms with Crippen molar-refractivity contribution in [1.82, 2.24) is 0 Å². The van der Waals surface area contributed by atoms with Crippen LogP contribution >= 0.6 is 15.9 Å². The van der Waals surface area contributed by atoms with Crippen LogP contribution in [0.1, 0.15) is 17.2 Å². The third-order valence-electron chi connectivity index (χ3n) is 3.40. The third-order valence-corrected chi connectivity index (χ3v) is 3.89. The van der Waals surface area contributed by atoms with Gasteiger partial charge in [0.2, 0.25) is 0 Å². The molecule has 0 aliphatic rings. The molecule has 0 amide bonds. The molecular formula is C21H16BrN. The molecule has 0 spiro atoms. The standard InChI is InChI=1S/C21H16BrN/c22-19-11-7-10-18(16-19)21(23-20-12-5-2-6-13-20)15-14-17-8-3-1-4-9-17/h1-13,16,21,23H. The van der Waals surface area contributed by atoms with Gasteiger partial charge in [-0.2, -0.15) is 0 Å². The minimum absolute atomic E-state index is 0.0740. The van der Waals surface area contributed by atoms with E-state index >= 15 is 0 Å². The number of benzene rings is 3. The maximum Gasteiger partial charge on any atom is 0.114 e. The molecule has 1 N–H and O–H groups in total. The largest absolute Gasteiger partial charge is 0.368 e. The molecule has 3 aromatic rings. The van der Waals surface area contributed by atoms with Crippen molar-refractivity contribution in [2.24, 2.45) is 0 Å². The van der Waals surface area contributed by atoms with E-state index in [0.29, 0.717) is 0 Å². The van der Waals surface area contributed by atoms with Crippen molar-refractivity contribution in [2.45, 2.75) is 6.04 Å². The number of hydrogen-bond donors (Lipinski definition) is 1. The van der Waals surface area contributed by atoms with E-state index in [1.165, 1.54) is 0 Å². The SMILES string of the molecule is Brc1cccc(C(C#Cc2ccccc2)Nc2ccccc2)c1. The van der Waals surface area contributed by atoms with Crippen molar-refractivity contribution in [1.29, 1.82) is 0 Å². The van der Waals surface area contributed by atoms with Gasteiger partial charge < -0.3 is 5.32 Å². The Morgan fingerprint density at radius 3 is 2.17 bits per heavy atom. The van der Waals surface area contributed by atoms with Crippen LogP contribution in [0.15, 0.2) is 89.4 Å². The van der Waals surface area contributed by atoms with Gasteiger partial charge in [-0.1, -0.05) is 76.3 Å². The average Bonchev–Trinajstić information content (AvgIpc) is 2.60. The Kier molecular flexibility index (Phi) is 5.13. The van der Waals surface area contributed by atoms with Crippen LogP contribution in [-0.2, 0) is 0 Å². The van der Waals surface area contributed by atoms with Crippen molar-refractivity contribution in [3.8, 4) is 11.8 Å². The Balaban J connectivity index is 1.92. The molecule has 0 aromatic heterocycles. The van der Waals surface area contributed by atoms with Crippen LogP contribution in [0.3, 0.4) is 0 Å². The summed E-state index contributed by atoms with van der Waals surface area (Å²) in [5, 5.41) is 3.50. The average molecular weight is 362 g/mol. The van der Waals surface area contributed by atoms with Gasteiger partial charge in [-0.15, -0.1) is 0 Å². The highest BCUT2D eigenvalue weighted by molar-refractivity contribution is 9.10. The summed E-state index contributed by atoms with van der Waals surface area (Å²) >= 11 is 3.54. The molecule has 1 nitrogen and oxygen atoms in total. The maximum atomic E-state index is 3.54. The van der Waals surface area contributed by atoms with Gasteiger partial charge in [-0.05, 0) is 42.0 Å². The second-order valence-electron chi connectivity index (χ2n) is 5.13. The molecule has 0 radical (unpaired) electrons. The number of para-hydroxylation sites is 1. The minimum Gasteiger partial charge on any atom is -0.368 e. The molecule has 0 saturated heterocycles. The summed E-state index contributed by atoms with van der Waals surface area (Å²) in [7, 11) is 0. The zero-order chi connectivity index (χ0) is 15.9. The highest BCUT2D eigenvalue weighted by Crippen LogP contribution is 2.22. The third kappa shape index (κ3) is 4.48. The summed E-state index contributed by atoms with van der Waals surface area (Å²) in [6.45, 7) is 0. The Morgan fingerprint density at radius 1 is 0.783 bits per heavy atom. The first-order chi connectivity index (χ1) is 11.3. The van der Waals surface area contributed by atoms with E-state index in [9.17, 15) is 0 Å². The number of halogens is 1. The quantitative estimate of drug-likeness (QED) is 0.594. The van der Waals surface area contributed by atoms with Crippen LogP contribution in [0.4, 0.5) is 5.69 Å². The van der Waals surface area contributed by atoms with Crippen LogP contribution < -0.4 is 5.32 Å². The lowest BCUT2D eigenvalue weighted by Crippen LogP contribution is -2.08. The first-order valence-corrected chi connectivity index (χ1v) is 8.24. The van der Waals surface area contributed by atoms with E-state index in [4.69, 9.17) is 0 Å². The lowest BCUT2D eigenvalue weighted by Gasteiger charge is -2.15. The molecule has 112 valence electrons. The Morgan fingerprint density at radius 2 is 1.48 bits per heavy atom. The Labute approximate surface area is 145 Å². The summed E-state index contributed by atoms with van der Waals surface area (Å²) in [5.74, 6) is 6.60. The molecule has 0 aliphatic heterocycles. The fourth-order valence-corrected chi connectivity index (χ4v) is 2.68. The molecule has 23 heavy (non-hydrogen) atoms. The molecule has 3 aromatic carbocycles. The van der Waals surface area contributed by atoms with E-state index in [-0.39, 0.29) is 6.04 Å². The lowest BCUT2D eigenvalue weighted by atomic mass is 10.1. The smallest absolute Gasteiger partial charge is 0.114 e. The Hall–Kier alpha value is -2.50. The number of hydrogen-bond acceptors (Lipinski definition) is 1. The molecule has 0 aliphatic carbocycles. The zero-order valence-electron chi connectivity index (χ0n) is 12.5. The van der Waals surface area contributed by atoms with Gasteiger partial charge in [0.05, 0.1) is 0 Å². The van der Waals surface area contributed by atoms with E-state index in [1.54, 1.807) is 0 Å². The van der Waals surface area contributed by atoms with Gasteiger partial charge in [0.15, 0.2) is 0 Å². The summed E-state index contributed by atoms with van der Waals surface area (Å²) < 4.78 is 1.05. The monoisotopic (exact) mass is 361 g/mol. The second-order valence-corrected chi connectivity index (χ2v) is 6.05. The maximum absolute atomic E-state index is 3.54. The molecule has 0 saturated carbocycles. The van der Waals surface area contributed by atoms with E-state index < -0.39 is 0 Å². The molecular weight excluding hydrogens is 346 g/mol. The normalized spacial score (nSPS) is 11.2. The van der Waals surface area contributed by atoms with Crippen LogP contribution in [0.2, 0.25) is 0 Å². The van der Waals surface area contributed by atoms with Gasteiger partial charge in [0.1, 0.15) is 6.04 Å². The predicted octanol–water partition coefficient (Wildman–Crippen LogP) is 5.65.